The van der Waals surface area contributed by atoms with Gasteiger partial charge in [0.1, 0.15) is 6.54 Å². The molecule has 0 bridgehead atoms. The minimum atomic E-state index is -0.346. The van der Waals surface area contributed by atoms with Gasteiger partial charge in [-0.25, -0.2) is 0 Å². The fourth-order valence-electron chi connectivity index (χ4n) is 1.62. The van der Waals surface area contributed by atoms with Gasteiger partial charge in [-0.3, -0.25) is 14.3 Å². The van der Waals surface area contributed by atoms with E-state index in [4.69, 9.17) is 11.6 Å². The van der Waals surface area contributed by atoms with Crippen LogP contribution in [-0.2, 0) is 11.3 Å². The van der Waals surface area contributed by atoms with Crippen LogP contribution in [0.15, 0.2) is 35.1 Å². The molecule has 2 aromatic rings. The van der Waals surface area contributed by atoms with Crippen molar-refractivity contribution < 1.29 is 9.59 Å². The second kappa shape index (κ2) is 6.73. The molecule has 2 N–H and O–H groups in total. The summed E-state index contributed by atoms with van der Waals surface area (Å²) in [6, 6.07) is 5.10. The van der Waals surface area contributed by atoms with Crippen LogP contribution < -0.4 is 10.6 Å². The third kappa shape index (κ3) is 3.83. The summed E-state index contributed by atoms with van der Waals surface area (Å²) >= 11 is 9.33. The fourth-order valence-corrected chi connectivity index (χ4v) is 2.20. The maximum Gasteiger partial charge on any atom is 0.257 e. The minimum Gasteiger partial charge on any atom is -0.358 e. The summed E-state index contributed by atoms with van der Waals surface area (Å²) in [5.41, 5.74) is 0.838. The first-order chi connectivity index (χ1) is 10.0. The van der Waals surface area contributed by atoms with Crippen molar-refractivity contribution in [3.63, 3.8) is 0 Å². The molecule has 1 aromatic carbocycles. The molecule has 0 unspecified atom stereocenters. The number of aromatic nitrogens is 2. The van der Waals surface area contributed by atoms with E-state index in [1.807, 2.05) is 0 Å². The van der Waals surface area contributed by atoms with Gasteiger partial charge < -0.3 is 10.6 Å². The van der Waals surface area contributed by atoms with E-state index >= 15 is 0 Å². The maximum absolute atomic E-state index is 12.1. The van der Waals surface area contributed by atoms with Gasteiger partial charge >= 0.3 is 0 Å². The Balaban J connectivity index is 2.09. The Morgan fingerprint density at radius 1 is 1.43 bits per heavy atom. The number of nitrogens with zero attached hydrogens (tertiary/aromatic N) is 2. The first-order valence-corrected chi connectivity index (χ1v) is 7.16. The molecule has 21 heavy (non-hydrogen) atoms. The number of rotatable bonds is 4. The van der Waals surface area contributed by atoms with Crippen LogP contribution in [0.1, 0.15) is 10.4 Å². The van der Waals surface area contributed by atoms with Crippen molar-refractivity contribution in [2.75, 3.05) is 12.4 Å². The standard InChI is InChI=1S/C13H12BrClN4O2/c1-16-11(20)7-19-6-8(5-17-19)18-13(21)9-3-2-4-10(14)12(9)15/h2-6H,7H2,1H3,(H,16,20)(H,18,21). The third-order valence-electron chi connectivity index (χ3n) is 2.67. The average molecular weight is 372 g/mol. The third-order valence-corrected chi connectivity index (χ3v) is 3.97. The Hall–Kier alpha value is -1.86. The van der Waals surface area contributed by atoms with Crippen LogP contribution in [0.4, 0.5) is 5.69 Å². The average Bonchev–Trinajstić information content (AvgIpc) is 2.88. The molecule has 2 amide bonds. The zero-order valence-electron chi connectivity index (χ0n) is 11.1. The minimum absolute atomic E-state index is 0.0873. The molecule has 8 heteroatoms. The molecule has 1 heterocycles. The summed E-state index contributed by atoms with van der Waals surface area (Å²) in [6.07, 6.45) is 3.03. The second-order valence-electron chi connectivity index (χ2n) is 4.16. The zero-order valence-corrected chi connectivity index (χ0v) is 13.4. The first-order valence-electron chi connectivity index (χ1n) is 5.99. The van der Waals surface area contributed by atoms with Gasteiger partial charge in [-0.15, -0.1) is 0 Å². The fraction of sp³-hybridized carbons (Fsp3) is 0.154. The second-order valence-corrected chi connectivity index (χ2v) is 5.39. The van der Waals surface area contributed by atoms with Crippen molar-refractivity contribution in [2.45, 2.75) is 6.54 Å². The Bertz CT molecular complexity index is 687. The molecule has 0 saturated heterocycles. The summed E-state index contributed by atoms with van der Waals surface area (Å²) in [4.78, 5) is 23.4. The summed E-state index contributed by atoms with van der Waals surface area (Å²) in [6.45, 7) is 0.0873. The van der Waals surface area contributed by atoms with Gasteiger partial charge in [-0.05, 0) is 28.1 Å². The summed E-state index contributed by atoms with van der Waals surface area (Å²) in [5, 5.41) is 9.50. The Morgan fingerprint density at radius 3 is 2.90 bits per heavy atom. The lowest BCUT2D eigenvalue weighted by Crippen LogP contribution is -2.23. The van der Waals surface area contributed by atoms with E-state index in [0.717, 1.165) is 0 Å². The molecular formula is C13H12BrClN4O2. The lowest BCUT2D eigenvalue weighted by Gasteiger charge is -2.05. The molecule has 0 radical (unpaired) electrons. The smallest absolute Gasteiger partial charge is 0.257 e. The molecule has 110 valence electrons. The molecule has 0 fully saturated rings. The van der Waals surface area contributed by atoms with Crippen molar-refractivity contribution >= 4 is 45.0 Å². The van der Waals surface area contributed by atoms with Crippen molar-refractivity contribution in [3.8, 4) is 0 Å². The van der Waals surface area contributed by atoms with Crippen molar-refractivity contribution in [1.82, 2.24) is 15.1 Å². The Labute approximate surface area is 134 Å². The number of carbonyl (C=O) groups excluding carboxylic acids is 2. The predicted molar refractivity (Wildman–Crippen MR) is 83.4 cm³/mol. The van der Waals surface area contributed by atoms with Crippen LogP contribution in [0.3, 0.4) is 0 Å². The van der Waals surface area contributed by atoms with Crippen LogP contribution in [0, 0.1) is 0 Å². The van der Waals surface area contributed by atoms with Crippen LogP contribution in [0.5, 0.6) is 0 Å². The van der Waals surface area contributed by atoms with Gasteiger partial charge in [0, 0.05) is 17.7 Å². The van der Waals surface area contributed by atoms with Crippen LogP contribution in [-0.4, -0.2) is 28.6 Å². The molecule has 0 saturated carbocycles. The van der Waals surface area contributed by atoms with E-state index in [-0.39, 0.29) is 18.4 Å². The molecule has 0 spiro atoms. The van der Waals surface area contributed by atoms with Gasteiger partial charge in [-0.2, -0.15) is 5.10 Å². The highest BCUT2D eigenvalue weighted by atomic mass is 79.9. The normalized spacial score (nSPS) is 10.2. The van der Waals surface area contributed by atoms with E-state index in [0.29, 0.717) is 20.7 Å². The molecule has 0 aliphatic carbocycles. The van der Waals surface area contributed by atoms with E-state index in [1.54, 1.807) is 31.4 Å². The first kappa shape index (κ1) is 15.5. The van der Waals surface area contributed by atoms with Crippen LogP contribution in [0.2, 0.25) is 5.02 Å². The predicted octanol–water partition coefficient (Wildman–Crippen LogP) is 2.30. The van der Waals surface area contributed by atoms with Crippen molar-refractivity contribution in [3.05, 3.63) is 45.7 Å². The van der Waals surface area contributed by atoms with Gasteiger partial charge in [-0.1, -0.05) is 17.7 Å². The number of amides is 2. The van der Waals surface area contributed by atoms with Gasteiger partial charge in [0.2, 0.25) is 5.91 Å². The highest BCUT2D eigenvalue weighted by Gasteiger charge is 2.13. The SMILES string of the molecule is CNC(=O)Cn1cc(NC(=O)c2cccc(Br)c2Cl)cn1. The van der Waals surface area contributed by atoms with Crippen molar-refractivity contribution in [2.24, 2.45) is 0 Å². The van der Waals surface area contributed by atoms with E-state index in [9.17, 15) is 9.59 Å². The lowest BCUT2D eigenvalue weighted by molar-refractivity contribution is -0.121. The summed E-state index contributed by atoms with van der Waals surface area (Å²) < 4.78 is 2.07. The van der Waals surface area contributed by atoms with Gasteiger partial charge in [0.05, 0.1) is 22.5 Å². The topological polar surface area (TPSA) is 76.0 Å². The van der Waals surface area contributed by atoms with Gasteiger partial charge in [0.15, 0.2) is 0 Å². The highest BCUT2D eigenvalue weighted by molar-refractivity contribution is 9.10. The van der Waals surface area contributed by atoms with E-state index < -0.39 is 0 Å². The number of likely N-dealkylation sites (N-methyl/N-ethyl adjacent to an activating group) is 1. The molecule has 0 aliphatic rings. The van der Waals surface area contributed by atoms with E-state index in [1.165, 1.54) is 10.9 Å². The van der Waals surface area contributed by atoms with Gasteiger partial charge in [0.25, 0.3) is 5.91 Å². The van der Waals surface area contributed by atoms with Crippen LogP contribution in [0.25, 0.3) is 0 Å². The van der Waals surface area contributed by atoms with Crippen molar-refractivity contribution in [1.29, 1.82) is 0 Å². The molecule has 0 atom stereocenters. The maximum atomic E-state index is 12.1. The Kier molecular flexibility index (Phi) is 4.98. The molecule has 6 nitrogen and oxygen atoms in total. The largest absolute Gasteiger partial charge is 0.358 e. The Morgan fingerprint density at radius 2 is 2.19 bits per heavy atom. The number of anilines is 1. The highest BCUT2D eigenvalue weighted by Crippen LogP contribution is 2.26. The molecule has 1 aromatic heterocycles. The molecule has 0 aliphatic heterocycles. The summed E-state index contributed by atoms with van der Waals surface area (Å²) in [5.74, 6) is -0.521. The number of hydrogen-bond acceptors (Lipinski definition) is 3. The zero-order chi connectivity index (χ0) is 15.4. The molecular weight excluding hydrogens is 360 g/mol. The summed E-state index contributed by atoms with van der Waals surface area (Å²) in [7, 11) is 1.55. The number of carbonyl (C=O) groups is 2. The number of hydrogen-bond donors (Lipinski definition) is 2. The molecule has 2 rings (SSSR count). The number of benzene rings is 1. The number of nitrogens with one attached hydrogen (secondary N) is 2. The van der Waals surface area contributed by atoms with E-state index in [2.05, 4.69) is 31.7 Å². The number of halogens is 2. The van der Waals surface area contributed by atoms with Crippen LogP contribution >= 0.6 is 27.5 Å². The quantitative estimate of drug-likeness (QED) is 0.866. The monoisotopic (exact) mass is 370 g/mol. The lowest BCUT2D eigenvalue weighted by atomic mass is 10.2.